The number of carbonyl (C=O) groups is 1. The van der Waals surface area contributed by atoms with Crippen LogP contribution in [0.2, 0.25) is 5.02 Å². The van der Waals surface area contributed by atoms with E-state index < -0.39 is 5.97 Å². The van der Waals surface area contributed by atoms with Crippen molar-refractivity contribution in [2.45, 2.75) is 0 Å². The third kappa shape index (κ3) is 2.31. The molecule has 0 aliphatic rings. The molecule has 0 fully saturated rings. The molecule has 5 nitrogen and oxygen atoms in total. The Morgan fingerprint density at radius 2 is 2.17 bits per heavy atom. The second kappa shape index (κ2) is 5.10. The van der Waals surface area contributed by atoms with Crippen molar-refractivity contribution in [2.75, 3.05) is 14.2 Å². The number of hydrogen-bond acceptors (Lipinski definition) is 4. The van der Waals surface area contributed by atoms with Crippen LogP contribution in [0.4, 0.5) is 0 Å². The van der Waals surface area contributed by atoms with E-state index >= 15 is 0 Å². The number of benzene rings is 1. The minimum atomic E-state index is -0.464. The number of imidazole rings is 1. The number of nitrogens with zero attached hydrogens (tertiary/aromatic N) is 1. The number of rotatable bonds is 3. The maximum absolute atomic E-state index is 11.3. The molecular formula is C12H11ClN2O3. The Balaban J connectivity index is 2.34. The van der Waals surface area contributed by atoms with Gasteiger partial charge in [-0.2, -0.15) is 0 Å². The molecule has 1 aromatic heterocycles. The lowest BCUT2D eigenvalue weighted by Crippen LogP contribution is -2.00. The van der Waals surface area contributed by atoms with Crippen molar-refractivity contribution < 1.29 is 14.3 Å². The van der Waals surface area contributed by atoms with E-state index in [2.05, 4.69) is 14.7 Å². The molecule has 0 saturated carbocycles. The summed E-state index contributed by atoms with van der Waals surface area (Å²) < 4.78 is 9.65. The van der Waals surface area contributed by atoms with Crippen LogP contribution < -0.4 is 4.74 Å². The highest BCUT2D eigenvalue weighted by molar-refractivity contribution is 6.32. The average molecular weight is 267 g/mol. The number of esters is 1. The van der Waals surface area contributed by atoms with Crippen LogP contribution in [-0.4, -0.2) is 30.2 Å². The lowest BCUT2D eigenvalue weighted by molar-refractivity contribution is 0.0595. The summed E-state index contributed by atoms with van der Waals surface area (Å²) in [6.07, 6.45) is 1.42. The molecule has 18 heavy (non-hydrogen) atoms. The summed E-state index contributed by atoms with van der Waals surface area (Å²) in [5.41, 5.74) is 1.05. The topological polar surface area (TPSA) is 64.2 Å². The summed E-state index contributed by atoms with van der Waals surface area (Å²) in [6.45, 7) is 0. The number of carbonyl (C=O) groups excluding carboxylic acids is 1. The van der Waals surface area contributed by atoms with E-state index in [1.54, 1.807) is 25.3 Å². The first-order chi connectivity index (χ1) is 8.65. The quantitative estimate of drug-likeness (QED) is 0.867. The molecule has 94 valence electrons. The highest BCUT2D eigenvalue weighted by Gasteiger charge is 2.11. The molecule has 0 spiro atoms. The summed E-state index contributed by atoms with van der Waals surface area (Å²) >= 11 is 6.02. The molecule has 0 amide bonds. The Labute approximate surface area is 109 Å². The van der Waals surface area contributed by atoms with Crippen molar-refractivity contribution in [3.63, 3.8) is 0 Å². The molecule has 0 bridgehead atoms. The van der Waals surface area contributed by atoms with Crippen molar-refractivity contribution in [2.24, 2.45) is 0 Å². The zero-order valence-corrected chi connectivity index (χ0v) is 10.6. The molecule has 0 unspecified atom stereocenters. The van der Waals surface area contributed by atoms with Crippen LogP contribution in [-0.2, 0) is 4.74 Å². The second-order valence-electron chi connectivity index (χ2n) is 3.49. The van der Waals surface area contributed by atoms with Crippen molar-refractivity contribution >= 4 is 17.6 Å². The van der Waals surface area contributed by atoms with Gasteiger partial charge in [-0.05, 0) is 18.2 Å². The molecular weight excluding hydrogens is 256 g/mol. The zero-order chi connectivity index (χ0) is 13.1. The first kappa shape index (κ1) is 12.4. The van der Waals surface area contributed by atoms with Crippen molar-refractivity contribution in [3.8, 4) is 17.1 Å². The normalized spacial score (nSPS) is 10.2. The number of nitrogens with one attached hydrogen (secondary N) is 1. The van der Waals surface area contributed by atoms with Crippen LogP contribution in [0.1, 0.15) is 10.5 Å². The standard InChI is InChI=1S/C12H11ClN2O3/c1-17-10-4-3-7(5-8(10)13)11-14-6-9(15-11)12(16)18-2/h3-6H,1-2H3,(H,14,15). The number of H-pyrrole nitrogens is 1. The SMILES string of the molecule is COC(=O)c1cnc(-c2ccc(OC)c(Cl)c2)[nH]1. The molecule has 2 aromatic rings. The predicted octanol–water partition coefficient (Wildman–Crippen LogP) is 2.53. The molecule has 0 aliphatic heterocycles. The minimum Gasteiger partial charge on any atom is -0.495 e. The van der Waals surface area contributed by atoms with Crippen LogP contribution in [0, 0.1) is 0 Å². The molecule has 0 atom stereocenters. The number of aromatic nitrogens is 2. The molecule has 6 heteroatoms. The number of methoxy groups -OCH3 is 2. The maximum Gasteiger partial charge on any atom is 0.356 e. The van der Waals surface area contributed by atoms with Crippen LogP contribution >= 0.6 is 11.6 Å². The lowest BCUT2D eigenvalue weighted by Gasteiger charge is -2.04. The van der Waals surface area contributed by atoms with Crippen molar-refractivity contribution in [1.29, 1.82) is 0 Å². The Morgan fingerprint density at radius 3 is 2.78 bits per heavy atom. The second-order valence-corrected chi connectivity index (χ2v) is 3.89. The Kier molecular flexibility index (Phi) is 3.53. The summed E-state index contributed by atoms with van der Waals surface area (Å²) in [7, 11) is 2.86. The van der Waals surface area contributed by atoms with Crippen LogP contribution in [0.3, 0.4) is 0 Å². The van der Waals surface area contributed by atoms with Crippen LogP contribution in [0.5, 0.6) is 5.75 Å². The van der Waals surface area contributed by atoms with Crippen molar-refractivity contribution in [1.82, 2.24) is 9.97 Å². The number of aromatic amines is 1. The first-order valence-corrected chi connectivity index (χ1v) is 5.50. The van der Waals surface area contributed by atoms with Gasteiger partial charge in [0.1, 0.15) is 17.3 Å². The molecule has 0 saturated heterocycles. The van der Waals surface area contributed by atoms with Crippen molar-refractivity contribution in [3.05, 3.63) is 35.1 Å². The van der Waals surface area contributed by atoms with Gasteiger partial charge in [-0.3, -0.25) is 0 Å². The van der Waals surface area contributed by atoms with Gasteiger partial charge < -0.3 is 14.5 Å². The zero-order valence-electron chi connectivity index (χ0n) is 9.86. The monoisotopic (exact) mass is 266 g/mol. The van der Waals surface area contributed by atoms with E-state index in [0.29, 0.717) is 22.3 Å². The molecule has 0 aliphatic carbocycles. The molecule has 2 rings (SSSR count). The average Bonchev–Trinajstić information content (AvgIpc) is 2.87. The van der Waals surface area contributed by atoms with Crippen LogP contribution in [0.25, 0.3) is 11.4 Å². The van der Waals surface area contributed by atoms with Gasteiger partial charge in [-0.15, -0.1) is 0 Å². The van der Waals surface area contributed by atoms with Gasteiger partial charge in [-0.1, -0.05) is 11.6 Å². The Hall–Kier alpha value is -2.01. The van der Waals surface area contributed by atoms with E-state index in [-0.39, 0.29) is 0 Å². The Morgan fingerprint density at radius 1 is 1.39 bits per heavy atom. The van der Waals surface area contributed by atoms with E-state index in [1.807, 2.05) is 0 Å². The van der Waals surface area contributed by atoms with Gasteiger partial charge in [0.15, 0.2) is 0 Å². The fraction of sp³-hybridized carbons (Fsp3) is 0.167. The molecule has 1 heterocycles. The lowest BCUT2D eigenvalue weighted by atomic mass is 10.2. The number of hydrogen-bond donors (Lipinski definition) is 1. The predicted molar refractivity (Wildman–Crippen MR) is 66.9 cm³/mol. The number of ether oxygens (including phenoxy) is 2. The van der Waals surface area contributed by atoms with E-state index in [1.165, 1.54) is 13.3 Å². The number of halogens is 1. The Bertz CT molecular complexity index is 580. The van der Waals surface area contributed by atoms with E-state index in [9.17, 15) is 4.79 Å². The third-order valence-corrected chi connectivity index (χ3v) is 2.70. The summed E-state index contributed by atoms with van der Waals surface area (Å²) in [5.74, 6) is 0.661. The highest BCUT2D eigenvalue weighted by Crippen LogP contribution is 2.28. The smallest absolute Gasteiger partial charge is 0.356 e. The van der Waals surface area contributed by atoms with Gasteiger partial charge in [0, 0.05) is 5.56 Å². The molecule has 1 N–H and O–H groups in total. The van der Waals surface area contributed by atoms with Gasteiger partial charge >= 0.3 is 5.97 Å². The third-order valence-electron chi connectivity index (χ3n) is 2.41. The fourth-order valence-corrected chi connectivity index (χ4v) is 1.75. The van der Waals surface area contributed by atoms with E-state index in [0.717, 1.165) is 5.56 Å². The van der Waals surface area contributed by atoms with E-state index in [4.69, 9.17) is 16.3 Å². The van der Waals surface area contributed by atoms with Gasteiger partial charge in [0.2, 0.25) is 0 Å². The summed E-state index contributed by atoms with van der Waals surface area (Å²) in [6, 6.07) is 5.24. The highest BCUT2D eigenvalue weighted by atomic mass is 35.5. The fourth-order valence-electron chi connectivity index (χ4n) is 1.50. The van der Waals surface area contributed by atoms with Gasteiger partial charge in [-0.25, -0.2) is 9.78 Å². The largest absolute Gasteiger partial charge is 0.495 e. The summed E-state index contributed by atoms with van der Waals surface area (Å²) in [4.78, 5) is 18.2. The van der Waals surface area contributed by atoms with Gasteiger partial charge in [0.05, 0.1) is 25.4 Å². The molecule has 0 radical (unpaired) electrons. The van der Waals surface area contributed by atoms with Crippen LogP contribution in [0.15, 0.2) is 24.4 Å². The molecule has 1 aromatic carbocycles. The first-order valence-electron chi connectivity index (χ1n) is 5.13. The minimum absolute atomic E-state index is 0.291. The maximum atomic E-state index is 11.3. The van der Waals surface area contributed by atoms with Gasteiger partial charge in [0.25, 0.3) is 0 Å². The summed E-state index contributed by atoms with van der Waals surface area (Å²) in [5, 5.41) is 0.478.